The zero-order valence-corrected chi connectivity index (χ0v) is 12.0. The monoisotopic (exact) mass is 312 g/mol. The van der Waals surface area contributed by atoms with Crippen LogP contribution in [0, 0.1) is 0 Å². The molecule has 1 fully saturated rings. The quantitative estimate of drug-likeness (QED) is 0.616. The maximum Gasteiger partial charge on any atom is 0.387 e. The second kappa shape index (κ2) is 6.08. The molecule has 1 heterocycles. The molecule has 22 heavy (non-hydrogen) atoms. The number of carbonyl (C=O) groups is 3. The molecule has 0 N–H and O–H groups in total. The Hall–Kier alpha value is -2.51. The van der Waals surface area contributed by atoms with Gasteiger partial charge < -0.3 is 4.74 Å². The van der Waals surface area contributed by atoms with Crippen LogP contribution in [0.3, 0.4) is 0 Å². The molecule has 1 aromatic carbocycles. The topological polar surface area (TPSA) is 66.9 Å². The number of carbonyl (C=O) groups excluding carboxylic acids is 3. The van der Waals surface area contributed by atoms with Gasteiger partial charge in [0.2, 0.25) is 0 Å². The van der Waals surface area contributed by atoms with Crippen LogP contribution in [-0.2, 0) is 16.1 Å². The molecule has 1 aromatic rings. The molecule has 0 unspecified atom stereocenters. The van der Waals surface area contributed by atoms with Crippen LogP contribution in [0.4, 0.5) is 13.6 Å². The average molecular weight is 312 g/mol. The molecular formula is C14H14F2N2O4. The van der Waals surface area contributed by atoms with Gasteiger partial charge in [0.15, 0.2) is 0 Å². The van der Waals surface area contributed by atoms with Gasteiger partial charge in [-0.1, -0.05) is 12.1 Å². The molecule has 2 rings (SSSR count). The number of hydrogen-bond acceptors (Lipinski definition) is 4. The molecule has 0 aliphatic carbocycles. The highest BCUT2D eigenvalue weighted by Gasteiger charge is 2.45. The Kier molecular flexibility index (Phi) is 4.39. The summed E-state index contributed by atoms with van der Waals surface area (Å²) in [6, 6.07) is 4.39. The van der Waals surface area contributed by atoms with Gasteiger partial charge in [-0.25, -0.2) is 4.79 Å². The minimum absolute atomic E-state index is 0.0299. The lowest BCUT2D eigenvalue weighted by Crippen LogP contribution is -2.37. The van der Waals surface area contributed by atoms with Crippen LogP contribution >= 0.6 is 0 Å². The number of benzene rings is 1. The van der Waals surface area contributed by atoms with Gasteiger partial charge >= 0.3 is 24.5 Å². The maximum atomic E-state index is 12.1. The van der Waals surface area contributed by atoms with Crippen molar-refractivity contribution in [3.05, 3.63) is 29.8 Å². The summed E-state index contributed by atoms with van der Waals surface area (Å²) in [5.74, 6) is -1.79. The van der Waals surface area contributed by atoms with Crippen molar-refractivity contribution in [3.8, 4) is 5.75 Å². The molecule has 1 saturated heterocycles. The smallest absolute Gasteiger partial charge is 0.387 e. The largest absolute Gasteiger partial charge is 0.435 e. The Balaban J connectivity index is 2.12. The summed E-state index contributed by atoms with van der Waals surface area (Å²) >= 11 is 0. The van der Waals surface area contributed by atoms with Crippen molar-refractivity contribution in [1.29, 1.82) is 0 Å². The van der Waals surface area contributed by atoms with E-state index in [1.807, 2.05) is 0 Å². The van der Waals surface area contributed by atoms with Crippen LogP contribution in [0.25, 0.3) is 0 Å². The molecule has 0 bridgehead atoms. The first-order valence-electron chi connectivity index (χ1n) is 6.54. The number of ether oxygens (including phenoxy) is 1. The lowest BCUT2D eigenvalue weighted by Gasteiger charge is -2.18. The van der Waals surface area contributed by atoms with Crippen molar-refractivity contribution in [3.63, 3.8) is 0 Å². The van der Waals surface area contributed by atoms with Crippen LogP contribution in [0.15, 0.2) is 24.3 Å². The number of alkyl halides is 2. The van der Waals surface area contributed by atoms with Gasteiger partial charge in [-0.05, 0) is 31.5 Å². The standard InChI is InChI=1S/C14H14F2N2O4/c1-8(2)18-12(20)11(19)17(14(18)21)7-9-3-5-10(6-4-9)22-13(15)16/h3-6,8,13H,7H2,1-2H3. The lowest BCUT2D eigenvalue weighted by atomic mass is 10.2. The van der Waals surface area contributed by atoms with E-state index in [9.17, 15) is 23.2 Å². The first-order valence-corrected chi connectivity index (χ1v) is 6.54. The molecule has 0 spiro atoms. The Morgan fingerprint density at radius 1 is 1.05 bits per heavy atom. The van der Waals surface area contributed by atoms with Gasteiger partial charge in [0.25, 0.3) is 0 Å². The number of amides is 4. The zero-order valence-electron chi connectivity index (χ0n) is 12.0. The van der Waals surface area contributed by atoms with E-state index in [0.29, 0.717) is 5.56 Å². The molecule has 0 atom stereocenters. The second-order valence-electron chi connectivity index (χ2n) is 4.97. The van der Waals surface area contributed by atoms with Crippen LogP contribution in [0.5, 0.6) is 5.75 Å². The summed E-state index contributed by atoms with van der Waals surface area (Å²) in [6.07, 6.45) is 0. The number of imide groups is 2. The van der Waals surface area contributed by atoms with Gasteiger partial charge in [0.1, 0.15) is 5.75 Å². The fourth-order valence-corrected chi connectivity index (χ4v) is 2.08. The van der Waals surface area contributed by atoms with Crippen LogP contribution in [0.2, 0.25) is 0 Å². The van der Waals surface area contributed by atoms with Crippen molar-refractivity contribution in [1.82, 2.24) is 9.80 Å². The van der Waals surface area contributed by atoms with E-state index in [1.54, 1.807) is 13.8 Å². The van der Waals surface area contributed by atoms with Crippen molar-refractivity contribution < 1.29 is 27.9 Å². The summed E-state index contributed by atoms with van der Waals surface area (Å²) in [5, 5.41) is 0. The highest BCUT2D eigenvalue weighted by Crippen LogP contribution is 2.20. The SMILES string of the molecule is CC(C)N1C(=O)C(=O)N(Cc2ccc(OC(F)F)cc2)C1=O. The number of urea groups is 1. The molecule has 118 valence electrons. The predicted octanol–water partition coefficient (Wildman–Crippen LogP) is 1.99. The molecular weight excluding hydrogens is 298 g/mol. The van der Waals surface area contributed by atoms with E-state index in [2.05, 4.69) is 4.74 Å². The number of hydrogen-bond donors (Lipinski definition) is 0. The summed E-state index contributed by atoms with van der Waals surface area (Å²) in [4.78, 5) is 37.4. The van der Waals surface area contributed by atoms with E-state index in [-0.39, 0.29) is 12.3 Å². The van der Waals surface area contributed by atoms with Gasteiger partial charge in [0, 0.05) is 6.04 Å². The van der Waals surface area contributed by atoms with Gasteiger partial charge in [-0.2, -0.15) is 8.78 Å². The van der Waals surface area contributed by atoms with Crippen LogP contribution in [-0.4, -0.2) is 40.3 Å². The fourth-order valence-electron chi connectivity index (χ4n) is 2.08. The third kappa shape index (κ3) is 3.05. The predicted molar refractivity (Wildman–Crippen MR) is 71.0 cm³/mol. The Bertz CT molecular complexity index is 601. The van der Waals surface area contributed by atoms with Crippen LogP contribution < -0.4 is 4.74 Å². The minimum Gasteiger partial charge on any atom is -0.435 e. The van der Waals surface area contributed by atoms with Crippen molar-refractivity contribution in [2.75, 3.05) is 0 Å². The summed E-state index contributed by atoms with van der Waals surface area (Å²) in [7, 11) is 0. The van der Waals surface area contributed by atoms with Crippen molar-refractivity contribution >= 4 is 17.8 Å². The molecule has 0 radical (unpaired) electrons. The minimum atomic E-state index is -2.93. The lowest BCUT2D eigenvalue weighted by molar-refractivity contribution is -0.144. The number of halogens is 2. The molecule has 0 saturated carbocycles. The van der Waals surface area contributed by atoms with E-state index >= 15 is 0 Å². The molecule has 6 nitrogen and oxygen atoms in total. The Morgan fingerprint density at radius 2 is 1.64 bits per heavy atom. The molecule has 8 heteroatoms. The number of rotatable bonds is 5. The summed E-state index contributed by atoms with van der Waals surface area (Å²) in [5.41, 5.74) is 0.515. The maximum absolute atomic E-state index is 12.1. The van der Waals surface area contributed by atoms with Gasteiger partial charge in [-0.3, -0.25) is 19.4 Å². The van der Waals surface area contributed by atoms with Crippen molar-refractivity contribution in [2.45, 2.75) is 33.0 Å². The molecule has 1 aliphatic rings. The normalized spacial score (nSPS) is 15.5. The van der Waals surface area contributed by atoms with Gasteiger partial charge in [0.05, 0.1) is 6.54 Å². The third-order valence-electron chi connectivity index (χ3n) is 3.09. The van der Waals surface area contributed by atoms with Crippen molar-refractivity contribution in [2.24, 2.45) is 0 Å². The fraction of sp³-hybridized carbons (Fsp3) is 0.357. The van der Waals surface area contributed by atoms with Crippen LogP contribution in [0.1, 0.15) is 19.4 Å². The van der Waals surface area contributed by atoms with E-state index in [0.717, 1.165) is 9.80 Å². The highest BCUT2D eigenvalue weighted by molar-refractivity contribution is 6.44. The Labute approximate surface area is 125 Å². The van der Waals surface area contributed by atoms with Gasteiger partial charge in [-0.15, -0.1) is 0 Å². The third-order valence-corrected chi connectivity index (χ3v) is 3.09. The average Bonchev–Trinajstić information content (AvgIpc) is 2.64. The molecule has 0 aromatic heterocycles. The van der Waals surface area contributed by atoms with E-state index in [4.69, 9.17) is 0 Å². The summed E-state index contributed by atoms with van der Waals surface area (Å²) < 4.78 is 28.3. The first kappa shape index (κ1) is 15.9. The first-order chi connectivity index (χ1) is 10.3. The van der Waals surface area contributed by atoms with E-state index in [1.165, 1.54) is 24.3 Å². The Morgan fingerprint density at radius 3 is 2.09 bits per heavy atom. The summed E-state index contributed by atoms with van der Waals surface area (Å²) in [6.45, 7) is 0.220. The van der Waals surface area contributed by atoms with E-state index < -0.39 is 30.5 Å². The zero-order chi connectivity index (χ0) is 16.4. The second-order valence-corrected chi connectivity index (χ2v) is 4.97. The number of nitrogens with zero attached hydrogens (tertiary/aromatic N) is 2. The molecule has 4 amide bonds. The molecule has 1 aliphatic heterocycles. The highest BCUT2D eigenvalue weighted by atomic mass is 19.3.